The standard InChI is InChI=1S/C15H18N6/c1-10-8-12-13(17-9-11-4-6-16-7-5-11)19-15(21(2)3)20-14(12)18-10/h4-8H,9H2,1-3H3,(H2,17,18,19,20). The van der Waals surface area contributed by atoms with E-state index in [-0.39, 0.29) is 0 Å². The lowest BCUT2D eigenvalue weighted by Crippen LogP contribution is -2.14. The van der Waals surface area contributed by atoms with Gasteiger partial charge in [-0.15, -0.1) is 0 Å². The number of fused-ring (bicyclic) bond motifs is 1. The molecule has 6 heteroatoms. The van der Waals surface area contributed by atoms with Gasteiger partial charge in [0.1, 0.15) is 11.5 Å². The van der Waals surface area contributed by atoms with Crippen LogP contribution in [0.15, 0.2) is 30.6 Å². The lowest BCUT2D eigenvalue weighted by atomic mass is 10.2. The maximum absolute atomic E-state index is 4.60. The fourth-order valence-corrected chi connectivity index (χ4v) is 2.15. The van der Waals surface area contributed by atoms with Crippen LogP contribution in [0, 0.1) is 6.92 Å². The summed E-state index contributed by atoms with van der Waals surface area (Å²) in [5.74, 6) is 1.52. The molecular weight excluding hydrogens is 264 g/mol. The van der Waals surface area contributed by atoms with Gasteiger partial charge in [0, 0.05) is 38.7 Å². The summed E-state index contributed by atoms with van der Waals surface area (Å²) < 4.78 is 0. The number of rotatable bonds is 4. The van der Waals surface area contributed by atoms with Crippen molar-refractivity contribution in [2.75, 3.05) is 24.3 Å². The van der Waals surface area contributed by atoms with E-state index >= 15 is 0 Å². The third kappa shape index (κ3) is 2.79. The molecule has 0 bridgehead atoms. The van der Waals surface area contributed by atoms with E-state index in [0.717, 1.165) is 28.1 Å². The molecule has 0 radical (unpaired) electrons. The molecule has 0 unspecified atom stereocenters. The summed E-state index contributed by atoms with van der Waals surface area (Å²) in [5, 5.41) is 4.39. The molecule has 3 aromatic heterocycles. The molecule has 0 aliphatic heterocycles. The highest BCUT2D eigenvalue weighted by molar-refractivity contribution is 5.88. The largest absolute Gasteiger partial charge is 0.365 e. The smallest absolute Gasteiger partial charge is 0.228 e. The molecule has 0 spiro atoms. The van der Waals surface area contributed by atoms with Crippen LogP contribution in [0.4, 0.5) is 11.8 Å². The molecule has 3 aromatic rings. The fourth-order valence-electron chi connectivity index (χ4n) is 2.15. The van der Waals surface area contributed by atoms with Crippen molar-refractivity contribution in [3.8, 4) is 0 Å². The number of aryl methyl sites for hydroxylation is 1. The van der Waals surface area contributed by atoms with E-state index in [0.29, 0.717) is 12.5 Å². The number of nitrogens with zero attached hydrogens (tertiary/aromatic N) is 4. The van der Waals surface area contributed by atoms with E-state index in [1.165, 1.54) is 0 Å². The maximum Gasteiger partial charge on any atom is 0.228 e. The Bertz CT molecular complexity index is 747. The molecule has 6 nitrogen and oxygen atoms in total. The second kappa shape index (κ2) is 5.40. The molecular formula is C15H18N6. The SMILES string of the molecule is Cc1cc2c(NCc3ccncc3)nc(N(C)C)nc2[nH]1. The van der Waals surface area contributed by atoms with E-state index in [1.54, 1.807) is 12.4 Å². The predicted octanol–water partition coefficient (Wildman–Crippen LogP) is 2.34. The quantitative estimate of drug-likeness (QED) is 0.768. The van der Waals surface area contributed by atoms with Crippen molar-refractivity contribution in [3.63, 3.8) is 0 Å². The molecule has 108 valence electrons. The molecule has 0 amide bonds. The molecule has 21 heavy (non-hydrogen) atoms. The van der Waals surface area contributed by atoms with Crippen LogP contribution in [-0.2, 0) is 6.54 Å². The van der Waals surface area contributed by atoms with Gasteiger partial charge in [0.05, 0.1) is 5.39 Å². The van der Waals surface area contributed by atoms with Gasteiger partial charge in [0.25, 0.3) is 0 Å². The van der Waals surface area contributed by atoms with Crippen molar-refractivity contribution in [1.29, 1.82) is 0 Å². The molecule has 3 heterocycles. The number of pyridine rings is 1. The molecule has 2 N–H and O–H groups in total. The van der Waals surface area contributed by atoms with Crippen molar-refractivity contribution in [3.05, 3.63) is 41.9 Å². The second-order valence-corrected chi connectivity index (χ2v) is 5.19. The van der Waals surface area contributed by atoms with Crippen LogP contribution in [-0.4, -0.2) is 34.0 Å². The number of aromatic amines is 1. The molecule has 0 saturated carbocycles. The highest BCUT2D eigenvalue weighted by Gasteiger charge is 2.11. The van der Waals surface area contributed by atoms with Gasteiger partial charge in [-0.2, -0.15) is 9.97 Å². The monoisotopic (exact) mass is 282 g/mol. The molecule has 0 fully saturated rings. The molecule has 0 aliphatic carbocycles. The Morgan fingerprint density at radius 3 is 2.67 bits per heavy atom. The van der Waals surface area contributed by atoms with E-state index in [2.05, 4.69) is 31.3 Å². The van der Waals surface area contributed by atoms with Crippen LogP contribution in [0.3, 0.4) is 0 Å². The van der Waals surface area contributed by atoms with Crippen LogP contribution in [0.5, 0.6) is 0 Å². The van der Waals surface area contributed by atoms with Gasteiger partial charge in [-0.1, -0.05) is 0 Å². The lowest BCUT2D eigenvalue weighted by Gasteiger charge is -2.13. The Labute approximate surface area is 123 Å². The first-order chi connectivity index (χ1) is 10.1. The highest BCUT2D eigenvalue weighted by Crippen LogP contribution is 2.24. The number of H-pyrrole nitrogens is 1. The summed E-state index contributed by atoms with van der Waals surface area (Å²) in [6, 6.07) is 6.03. The lowest BCUT2D eigenvalue weighted by molar-refractivity contribution is 1.00. The van der Waals surface area contributed by atoms with Crippen LogP contribution in [0.1, 0.15) is 11.3 Å². The third-order valence-electron chi connectivity index (χ3n) is 3.22. The summed E-state index contributed by atoms with van der Waals surface area (Å²) in [5.41, 5.74) is 3.08. The summed E-state index contributed by atoms with van der Waals surface area (Å²) in [6.07, 6.45) is 3.58. The summed E-state index contributed by atoms with van der Waals surface area (Å²) in [7, 11) is 3.87. The van der Waals surface area contributed by atoms with Gasteiger partial charge in [-0.25, -0.2) is 0 Å². The number of aromatic nitrogens is 4. The zero-order valence-electron chi connectivity index (χ0n) is 12.4. The van der Waals surface area contributed by atoms with Crippen molar-refractivity contribution in [2.45, 2.75) is 13.5 Å². The Hall–Kier alpha value is -2.63. The maximum atomic E-state index is 4.60. The highest BCUT2D eigenvalue weighted by atomic mass is 15.2. The first-order valence-corrected chi connectivity index (χ1v) is 6.81. The average Bonchev–Trinajstić information content (AvgIpc) is 2.86. The fraction of sp³-hybridized carbons (Fsp3) is 0.267. The Balaban J connectivity index is 1.95. The number of hydrogen-bond acceptors (Lipinski definition) is 5. The zero-order chi connectivity index (χ0) is 14.8. The van der Waals surface area contributed by atoms with Gasteiger partial charge >= 0.3 is 0 Å². The van der Waals surface area contributed by atoms with Gasteiger partial charge < -0.3 is 15.2 Å². The van der Waals surface area contributed by atoms with Crippen LogP contribution >= 0.6 is 0 Å². The van der Waals surface area contributed by atoms with Crippen molar-refractivity contribution in [2.24, 2.45) is 0 Å². The van der Waals surface area contributed by atoms with Gasteiger partial charge in [0.15, 0.2) is 0 Å². The van der Waals surface area contributed by atoms with Gasteiger partial charge in [-0.05, 0) is 30.7 Å². The molecule has 3 rings (SSSR count). The van der Waals surface area contributed by atoms with Crippen molar-refractivity contribution < 1.29 is 0 Å². The molecule has 0 atom stereocenters. The van der Waals surface area contributed by atoms with Gasteiger partial charge in [0.2, 0.25) is 5.95 Å². The zero-order valence-corrected chi connectivity index (χ0v) is 12.4. The van der Waals surface area contributed by atoms with E-state index in [1.807, 2.05) is 38.1 Å². The molecule has 0 saturated heterocycles. The number of nitrogens with one attached hydrogen (secondary N) is 2. The molecule has 0 aromatic carbocycles. The average molecular weight is 282 g/mol. The number of anilines is 2. The predicted molar refractivity (Wildman–Crippen MR) is 84.5 cm³/mol. The summed E-state index contributed by atoms with van der Waals surface area (Å²) in [4.78, 5) is 18.3. The Morgan fingerprint density at radius 2 is 1.95 bits per heavy atom. The van der Waals surface area contributed by atoms with Crippen molar-refractivity contribution >= 4 is 22.8 Å². The van der Waals surface area contributed by atoms with E-state index in [9.17, 15) is 0 Å². The topological polar surface area (TPSA) is 69.7 Å². The van der Waals surface area contributed by atoms with Crippen molar-refractivity contribution in [1.82, 2.24) is 19.9 Å². The minimum atomic E-state index is 0.682. The van der Waals surface area contributed by atoms with Gasteiger partial charge in [-0.3, -0.25) is 4.98 Å². The minimum Gasteiger partial charge on any atom is -0.365 e. The third-order valence-corrected chi connectivity index (χ3v) is 3.22. The van der Waals surface area contributed by atoms with Crippen LogP contribution < -0.4 is 10.2 Å². The minimum absolute atomic E-state index is 0.682. The normalized spacial score (nSPS) is 10.8. The Kier molecular flexibility index (Phi) is 3.43. The summed E-state index contributed by atoms with van der Waals surface area (Å²) in [6.45, 7) is 2.72. The Morgan fingerprint density at radius 1 is 1.19 bits per heavy atom. The van der Waals surface area contributed by atoms with E-state index < -0.39 is 0 Å². The van der Waals surface area contributed by atoms with Crippen LogP contribution in [0.25, 0.3) is 11.0 Å². The molecule has 0 aliphatic rings. The summed E-state index contributed by atoms with van der Waals surface area (Å²) >= 11 is 0. The second-order valence-electron chi connectivity index (χ2n) is 5.19. The number of hydrogen-bond donors (Lipinski definition) is 2. The van der Waals surface area contributed by atoms with E-state index in [4.69, 9.17) is 0 Å². The first kappa shape index (κ1) is 13.4. The van der Waals surface area contributed by atoms with Crippen LogP contribution in [0.2, 0.25) is 0 Å². The first-order valence-electron chi connectivity index (χ1n) is 6.81.